The number of aliphatic hydroxyl groups is 1. The third-order valence-corrected chi connectivity index (χ3v) is 5.33. The van der Waals surface area contributed by atoms with Gasteiger partial charge in [-0.3, -0.25) is 0 Å². The topological polar surface area (TPSA) is 104 Å². The highest BCUT2D eigenvalue weighted by Gasteiger charge is 2.40. The highest BCUT2D eigenvalue weighted by molar-refractivity contribution is 7.89. The van der Waals surface area contributed by atoms with Crippen molar-refractivity contribution in [1.82, 2.24) is 4.72 Å². The fourth-order valence-electron chi connectivity index (χ4n) is 2.08. The zero-order valence-corrected chi connectivity index (χ0v) is 12.0. The Hall–Kier alpha value is -1.15. The largest absolute Gasteiger partial charge is 0.478 e. The van der Waals surface area contributed by atoms with Crippen LogP contribution in [0.2, 0.25) is 5.02 Å². The SMILES string of the molecule is O=C(O)c1ccc(S(=O)(=O)NC2(CO)CCC2)cc1Cl. The Bertz CT molecular complexity index is 634. The number of hydrogen-bond donors (Lipinski definition) is 3. The van der Waals surface area contributed by atoms with Gasteiger partial charge in [-0.25, -0.2) is 17.9 Å². The van der Waals surface area contributed by atoms with Crippen LogP contribution in [-0.2, 0) is 10.0 Å². The number of carbonyl (C=O) groups is 1. The molecule has 0 bridgehead atoms. The van der Waals surface area contributed by atoms with Crippen molar-refractivity contribution in [1.29, 1.82) is 0 Å². The van der Waals surface area contributed by atoms with Crippen LogP contribution in [0.15, 0.2) is 23.1 Å². The molecule has 8 heteroatoms. The fourth-order valence-corrected chi connectivity index (χ4v) is 3.88. The van der Waals surface area contributed by atoms with Crippen LogP contribution < -0.4 is 4.72 Å². The molecule has 0 radical (unpaired) electrons. The van der Waals surface area contributed by atoms with Crippen LogP contribution in [0.1, 0.15) is 29.6 Å². The maximum absolute atomic E-state index is 12.2. The molecule has 0 atom stereocenters. The van der Waals surface area contributed by atoms with Crippen LogP contribution in [0.3, 0.4) is 0 Å². The Morgan fingerprint density at radius 1 is 1.40 bits per heavy atom. The lowest BCUT2D eigenvalue weighted by molar-refractivity contribution is 0.0697. The van der Waals surface area contributed by atoms with Gasteiger partial charge in [0, 0.05) is 0 Å². The summed E-state index contributed by atoms with van der Waals surface area (Å²) in [7, 11) is -3.84. The quantitative estimate of drug-likeness (QED) is 0.757. The molecule has 0 amide bonds. The number of carboxylic acids is 1. The van der Waals surface area contributed by atoms with Gasteiger partial charge in [0.1, 0.15) is 0 Å². The minimum absolute atomic E-state index is 0.118. The minimum Gasteiger partial charge on any atom is -0.478 e. The molecule has 110 valence electrons. The van der Waals surface area contributed by atoms with E-state index in [-0.39, 0.29) is 22.1 Å². The molecule has 1 aromatic carbocycles. The number of rotatable bonds is 5. The number of aliphatic hydroxyl groups excluding tert-OH is 1. The first-order chi connectivity index (χ1) is 9.30. The summed E-state index contributed by atoms with van der Waals surface area (Å²) in [6.45, 7) is -0.271. The predicted octanol–water partition coefficient (Wildman–Crippen LogP) is 1.23. The van der Waals surface area contributed by atoms with Gasteiger partial charge >= 0.3 is 5.97 Å². The number of halogens is 1. The molecule has 1 aromatic rings. The zero-order chi connectivity index (χ0) is 15.0. The third-order valence-electron chi connectivity index (χ3n) is 3.45. The van der Waals surface area contributed by atoms with Gasteiger partial charge in [0.25, 0.3) is 0 Å². The maximum Gasteiger partial charge on any atom is 0.337 e. The van der Waals surface area contributed by atoms with Crippen molar-refractivity contribution < 1.29 is 23.4 Å². The molecule has 1 aliphatic carbocycles. The van der Waals surface area contributed by atoms with E-state index in [1.165, 1.54) is 6.07 Å². The summed E-state index contributed by atoms with van der Waals surface area (Å²) in [6.07, 6.45) is 2.00. The summed E-state index contributed by atoms with van der Waals surface area (Å²) in [6, 6.07) is 3.42. The lowest BCUT2D eigenvalue weighted by Crippen LogP contribution is -2.55. The smallest absolute Gasteiger partial charge is 0.337 e. The Morgan fingerprint density at radius 3 is 2.45 bits per heavy atom. The molecule has 0 saturated heterocycles. The van der Waals surface area contributed by atoms with Gasteiger partial charge in [0.05, 0.1) is 27.6 Å². The Labute approximate surface area is 121 Å². The summed E-state index contributed by atoms with van der Waals surface area (Å²) in [5.41, 5.74) is -0.970. The van der Waals surface area contributed by atoms with E-state index in [4.69, 9.17) is 16.7 Å². The number of hydrogen-bond acceptors (Lipinski definition) is 4. The summed E-state index contributed by atoms with van der Waals surface area (Å²) in [5.74, 6) is -1.22. The molecule has 0 aromatic heterocycles. The molecule has 0 heterocycles. The molecule has 0 unspecified atom stereocenters. The van der Waals surface area contributed by atoms with Crippen molar-refractivity contribution in [3.05, 3.63) is 28.8 Å². The van der Waals surface area contributed by atoms with E-state index in [1.54, 1.807) is 0 Å². The molecule has 1 saturated carbocycles. The van der Waals surface area contributed by atoms with Gasteiger partial charge in [0.2, 0.25) is 10.0 Å². The Morgan fingerprint density at radius 2 is 2.05 bits per heavy atom. The van der Waals surface area contributed by atoms with Crippen LogP contribution in [0.25, 0.3) is 0 Å². The number of nitrogens with one attached hydrogen (secondary N) is 1. The summed E-state index contributed by atoms with van der Waals surface area (Å²) in [5, 5.41) is 18.0. The molecule has 0 spiro atoms. The van der Waals surface area contributed by atoms with Crippen molar-refractivity contribution in [3.63, 3.8) is 0 Å². The average Bonchev–Trinajstić information content (AvgIpc) is 2.33. The van der Waals surface area contributed by atoms with Crippen molar-refractivity contribution in [3.8, 4) is 0 Å². The fraction of sp³-hybridized carbons (Fsp3) is 0.417. The molecule has 0 aliphatic heterocycles. The first-order valence-electron chi connectivity index (χ1n) is 5.97. The van der Waals surface area contributed by atoms with Gasteiger partial charge in [-0.2, -0.15) is 0 Å². The molecule has 6 nitrogen and oxygen atoms in total. The van der Waals surface area contributed by atoms with Crippen molar-refractivity contribution in [2.75, 3.05) is 6.61 Å². The monoisotopic (exact) mass is 319 g/mol. The van der Waals surface area contributed by atoms with E-state index in [2.05, 4.69) is 4.72 Å². The van der Waals surface area contributed by atoms with Crippen LogP contribution in [0.4, 0.5) is 0 Å². The first-order valence-corrected chi connectivity index (χ1v) is 7.83. The maximum atomic E-state index is 12.2. The van der Waals surface area contributed by atoms with E-state index in [0.29, 0.717) is 12.8 Å². The summed E-state index contributed by atoms with van der Waals surface area (Å²) in [4.78, 5) is 10.7. The highest BCUT2D eigenvalue weighted by Crippen LogP contribution is 2.33. The molecular formula is C12H14ClNO5S. The lowest BCUT2D eigenvalue weighted by atomic mass is 9.78. The van der Waals surface area contributed by atoms with Crippen molar-refractivity contribution in [2.45, 2.75) is 29.7 Å². The molecule has 1 fully saturated rings. The Balaban J connectivity index is 2.30. The zero-order valence-electron chi connectivity index (χ0n) is 10.5. The number of aromatic carboxylic acids is 1. The second-order valence-corrected chi connectivity index (χ2v) is 6.93. The number of carboxylic acid groups (broad SMARTS) is 1. The minimum atomic E-state index is -3.84. The lowest BCUT2D eigenvalue weighted by Gasteiger charge is -2.40. The third kappa shape index (κ3) is 2.80. The molecular weight excluding hydrogens is 306 g/mol. The molecule has 2 rings (SSSR count). The van der Waals surface area contributed by atoms with Gasteiger partial charge in [-0.05, 0) is 37.5 Å². The van der Waals surface area contributed by atoms with Gasteiger partial charge in [-0.15, -0.1) is 0 Å². The van der Waals surface area contributed by atoms with Crippen LogP contribution >= 0.6 is 11.6 Å². The predicted molar refractivity (Wildman–Crippen MR) is 72.4 cm³/mol. The normalized spacial score (nSPS) is 17.5. The van der Waals surface area contributed by atoms with Crippen LogP contribution in [-0.4, -0.2) is 36.7 Å². The molecule has 1 aliphatic rings. The number of benzene rings is 1. The van der Waals surface area contributed by atoms with Crippen LogP contribution in [0.5, 0.6) is 0 Å². The Kier molecular flexibility index (Phi) is 4.06. The van der Waals surface area contributed by atoms with E-state index in [9.17, 15) is 18.3 Å². The van der Waals surface area contributed by atoms with E-state index in [0.717, 1.165) is 18.6 Å². The molecule has 3 N–H and O–H groups in total. The van der Waals surface area contributed by atoms with E-state index in [1.807, 2.05) is 0 Å². The van der Waals surface area contributed by atoms with Gasteiger partial charge < -0.3 is 10.2 Å². The second kappa shape index (κ2) is 5.33. The summed E-state index contributed by atoms with van der Waals surface area (Å²) < 4.78 is 26.9. The molecule has 20 heavy (non-hydrogen) atoms. The average molecular weight is 320 g/mol. The first kappa shape index (κ1) is 15.2. The summed E-state index contributed by atoms with van der Waals surface area (Å²) >= 11 is 5.76. The van der Waals surface area contributed by atoms with E-state index >= 15 is 0 Å². The van der Waals surface area contributed by atoms with E-state index < -0.39 is 21.5 Å². The van der Waals surface area contributed by atoms with Crippen molar-refractivity contribution >= 4 is 27.6 Å². The van der Waals surface area contributed by atoms with Gasteiger partial charge in [0.15, 0.2) is 0 Å². The van der Waals surface area contributed by atoms with Crippen LogP contribution in [0, 0.1) is 0 Å². The standard InChI is InChI=1S/C12H14ClNO5S/c13-10-6-8(2-3-9(10)11(16)17)20(18,19)14-12(7-15)4-1-5-12/h2-3,6,14-15H,1,4-5,7H2,(H,16,17). The highest BCUT2D eigenvalue weighted by atomic mass is 35.5. The van der Waals surface area contributed by atoms with Gasteiger partial charge in [-0.1, -0.05) is 11.6 Å². The number of sulfonamides is 1. The second-order valence-electron chi connectivity index (χ2n) is 4.84. The van der Waals surface area contributed by atoms with Crippen molar-refractivity contribution in [2.24, 2.45) is 0 Å².